The van der Waals surface area contributed by atoms with Gasteiger partial charge in [-0.3, -0.25) is 4.90 Å². The van der Waals surface area contributed by atoms with E-state index in [1.54, 1.807) is 0 Å². The van der Waals surface area contributed by atoms with Crippen LogP contribution in [0, 0.1) is 5.92 Å². The summed E-state index contributed by atoms with van der Waals surface area (Å²) in [5.41, 5.74) is 3.08. The Labute approximate surface area is 172 Å². The molecule has 2 heterocycles. The quantitative estimate of drug-likeness (QED) is 0.788. The second-order valence-electron chi connectivity index (χ2n) is 7.62. The Bertz CT molecular complexity index is 770. The molecule has 4 rings (SSSR count). The molecule has 0 aromatic heterocycles. The van der Waals surface area contributed by atoms with E-state index in [9.17, 15) is 4.79 Å². The largest absolute Gasteiger partial charge is 0.381 e. The fraction of sp³-hybridized carbons (Fsp3) is 0.435. The Morgan fingerprint density at radius 3 is 2.38 bits per heavy atom. The maximum Gasteiger partial charge on any atom is 0.319 e. The Kier molecular flexibility index (Phi) is 6.77. The fourth-order valence-corrected chi connectivity index (χ4v) is 4.11. The molecule has 2 atom stereocenters. The highest BCUT2D eigenvalue weighted by Gasteiger charge is 2.31. The molecule has 2 saturated heterocycles. The van der Waals surface area contributed by atoms with Crippen LogP contribution in [0.15, 0.2) is 54.6 Å². The number of morpholine rings is 1. The van der Waals surface area contributed by atoms with Crippen molar-refractivity contribution in [1.82, 2.24) is 10.2 Å². The molecule has 29 heavy (non-hydrogen) atoms. The summed E-state index contributed by atoms with van der Waals surface area (Å²) < 4.78 is 11.1. The maximum atomic E-state index is 12.5. The van der Waals surface area contributed by atoms with Gasteiger partial charge in [-0.2, -0.15) is 0 Å². The summed E-state index contributed by atoms with van der Waals surface area (Å²) in [6.45, 7) is 5.52. The minimum Gasteiger partial charge on any atom is -0.381 e. The van der Waals surface area contributed by atoms with Gasteiger partial charge in [0.1, 0.15) is 0 Å². The number of amides is 2. The van der Waals surface area contributed by atoms with Crippen molar-refractivity contribution in [2.24, 2.45) is 5.92 Å². The summed E-state index contributed by atoms with van der Waals surface area (Å²) >= 11 is 0. The van der Waals surface area contributed by atoms with Gasteiger partial charge in [-0.1, -0.05) is 42.5 Å². The predicted molar refractivity (Wildman–Crippen MR) is 114 cm³/mol. The highest BCUT2D eigenvalue weighted by atomic mass is 16.5. The zero-order chi connectivity index (χ0) is 19.9. The van der Waals surface area contributed by atoms with Crippen LogP contribution < -0.4 is 10.6 Å². The van der Waals surface area contributed by atoms with Crippen molar-refractivity contribution >= 4 is 11.7 Å². The van der Waals surface area contributed by atoms with Crippen LogP contribution in [0.3, 0.4) is 0 Å². The molecule has 2 aromatic carbocycles. The second-order valence-corrected chi connectivity index (χ2v) is 7.62. The third-order valence-electron chi connectivity index (χ3n) is 5.75. The summed E-state index contributed by atoms with van der Waals surface area (Å²) in [4.78, 5) is 14.9. The molecule has 2 fully saturated rings. The van der Waals surface area contributed by atoms with Crippen LogP contribution in [0.25, 0.3) is 11.1 Å². The number of nitrogens with one attached hydrogen (secondary N) is 2. The molecule has 2 aliphatic rings. The molecule has 2 aliphatic heterocycles. The lowest BCUT2D eigenvalue weighted by Gasteiger charge is -2.37. The molecule has 0 spiro atoms. The highest BCUT2D eigenvalue weighted by molar-refractivity contribution is 5.89. The van der Waals surface area contributed by atoms with Gasteiger partial charge >= 0.3 is 6.03 Å². The molecule has 0 radical (unpaired) electrons. The van der Waals surface area contributed by atoms with Crippen molar-refractivity contribution in [3.63, 3.8) is 0 Å². The number of anilines is 1. The molecule has 6 heteroatoms. The zero-order valence-corrected chi connectivity index (χ0v) is 16.7. The first-order chi connectivity index (χ1) is 14.3. The van der Waals surface area contributed by atoms with E-state index in [0.29, 0.717) is 12.5 Å². The standard InChI is InChI=1S/C23H29N3O3/c27-23(25-21-8-6-19(7-9-21)18-4-2-1-3-5-18)24-16-22(20-10-13-29-17-20)26-11-14-28-15-12-26/h1-9,20,22H,10-17H2,(H2,24,25,27)/t20-,22+/m0/s1. The van der Waals surface area contributed by atoms with Crippen LogP contribution in [0.1, 0.15) is 6.42 Å². The molecule has 0 saturated carbocycles. The summed E-state index contributed by atoms with van der Waals surface area (Å²) in [5, 5.41) is 6.01. The first kappa shape index (κ1) is 19.9. The van der Waals surface area contributed by atoms with E-state index < -0.39 is 0 Å². The number of hydrogen-bond donors (Lipinski definition) is 2. The molecular formula is C23H29N3O3. The van der Waals surface area contributed by atoms with Crippen molar-refractivity contribution in [3.05, 3.63) is 54.6 Å². The van der Waals surface area contributed by atoms with Gasteiger partial charge in [0, 0.05) is 43.9 Å². The topological polar surface area (TPSA) is 62.8 Å². The van der Waals surface area contributed by atoms with Gasteiger partial charge in [0.25, 0.3) is 0 Å². The van der Waals surface area contributed by atoms with Gasteiger partial charge < -0.3 is 20.1 Å². The minimum absolute atomic E-state index is 0.172. The van der Waals surface area contributed by atoms with Gasteiger partial charge in [-0.05, 0) is 29.7 Å². The lowest BCUT2D eigenvalue weighted by Crippen LogP contribution is -2.52. The van der Waals surface area contributed by atoms with Crippen molar-refractivity contribution in [2.45, 2.75) is 12.5 Å². The lowest BCUT2D eigenvalue weighted by molar-refractivity contribution is 0.00222. The second kappa shape index (κ2) is 9.87. The summed E-state index contributed by atoms with van der Waals surface area (Å²) in [7, 11) is 0. The molecule has 0 unspecified atom stereocenters. The minimum atomic E-state index is -0.172. The Morgan fingerprint density at radius 2 is 1.69 bits per heavy atom. The number of nitrogens with zero attached hydrogens (tertiary/aromatic N) is 1. The van der Waals surface area contributed by atoms with E-state index in [1.165, 1.54) is 0 Å². The van der Waals surface area contributed by atoms with Gasteiger partial charge in [-0.15, -0.1) is 0 Å². The molecule has 0 bridgehead atoms. The average molecular weight is 396 g/mol. The van der Waals surface area contributed by atoms with Crippen LogP contribution in [-0.2, 0) is 9.47 Å². The summed E-state index contributed by atoms with van der Waals surface area (Å²) in [6.07, 6.45) is 1.05. The number of benzene rings is 2. The fourth-order valence-electron chi connectivity index (χ4n) is 4.11. The zero-order valence-electron chi connectivity index (χ0n) is 16.7. The summed E-state index contributed by atoms with van der Waals surface area (Å²) in [5.74, 6) is 0.457. The van der Waals surface area contributed by atoms with Crippen molar-refractivity contribution in [3.8, 4) is 11.1 Å². The maximum absolute atomic E-state index is 12.5. The van der Waals surface area contributed by atoms with Gasteiger partial charge in [-0.25, -0.2) is 4.79 Å². The molecule has 154 valence electrons. The third kappa shape index (κ3) is 5.35. The van der Waals surface area contributed by atoms with E-state index in [-0.39, 0.29) is 12.1 Å². The van der Waals surface area contributed by atoms with Crippen molar-refractivity contribution in [1.29, 1.82) is 0 Å². The number of hydrogen-bond acceptors (Lipinski definition) is 4. The van der Waals surface area contributed by atoms with Crippen LogP contribution in [0.4, 0.5) is 10.5 Å². The molecular weight excluding hydrogens is 366 g/mol. The number of rotatable bonds is 6. The monoisotopic (exact) mass is 395 g/mol. The number of carbonyl (C=O) groups excluding carboxylic acids is 1. The normalized spacial score (nSPS) is 20.9. The van der Waals surface area contributed by atoms with Crippen LogP contribution in [-0.4, -0.2) is 63.0 Å². The number of urea groups is 1. The van der Waals surface area contributed by atoms with E-state index >= 15 is 0 Å². The molecule has 2 amide bonds. The van der Waals surface area contributed by atoms with Crippen molar-refractivity contribution < 1.29 is 14.3 Å². The number of ether oxygens (including phenoxy) is 2. The van der Waals surface area contributed by atoms with E-state index in [1.807, 2.05) is 42.5 Å². The smallest absolute Gasteiger partial charge is 0.319 e. The van der Waals surface area contributed by atoms with Gasteiger partial charge in [0.05, 0.1) is 19.8 Å². The predicted octanol–water partition coefficient (Wildman–Crippen LogP) is 3.21. The van der Waals surface area contributed by atoms with E-state index in [4.69, 9.17) is 9.47 Å². The lowest BCUT2D eigenvalue weighted by atomic mass is 9.97. The van der Waals surface area contributed by atoms with Crippen LogP contribution in [0.5, 0.6) is 0 Å². The highest BCUT2D eigenvalue weighted by Crippen LogP contribution is 2.23. The Hall–Kier alpha value is -2.41. The Balaban J connectivity index is 1.32. The molecule has 2 aromatic rings. The Morgan fingerprint density at radius 1 is 0.966 bits per heavy atom. The van der Waals surface area contributed by atoms with Gasteiger partial charge in [0.15, 0.2) is 0 Å². The molecule has 2 N–H and O–H groups in total. The van der Waals surface area contributed by atoms with E-state index in [0.717, 1.165) is 62.8 Å². The van der Waals surface area contributed by atoms with Gasteiger partial charge in [0.2, 0.25) is 0 Å². The summed E-state index contributed by atoms with van der Waals surface area (Å²) in [6, 6.07) is 18.2. The first-order valence-corrected chi connectivity index (χ1v) is 10.4. The van der Waals surface area contributed by atoms with Crippen LogP contribution >= 0.6 is 0 Å². The molecule has 0 aliphatic carbocycles. The van der Waals surface area contributed by atoms with Crippen LogP contribution in [0.2, 0.25) is 0 Å². The van der Waals surface area contributed by atoms with E-state index in [2.05, 4.69) is 27.7 Å². The third-order valence-corrected chi connectivity index (χ3v) is 5.75. The molecule has 6 nitrogen and oxygen atoms in total. The number of carbonyl (C=O) groups is 1. The SMILES string of the molecule is O=C(NC[C@H]([C@H]1CCOC1)N1CCOCC1)Nc1ccc(-c2ccccc2)cc1. The first-order valence-electron chi connectivity index (χ1n) is 10.4. The van der Waals surface area contributed by atoms with Crippen molar-refractivity contribution in [2.75, 3.05) is 51.4 Å². The average Bonchev–Trinajstić information content (AvgIpc) is 3.30.